The molecule has 4 rings (SSSR count). The van der Waals surface area contributed by atoms with Crippen LogP contribution < -0.4 is 0 Å². The van der Waals surface area contributed by atoms with Crippen LogP contribution in [0.4, 0.5) is 0 Å². The highest BCUT2D eigenvalue weighted by Crippen LogP contribution is 2.23. The van der Waals surface area contributed by atoms with E-state index in [0.29, 0.717) is 18.2 Å². The molecule has 0 unspecified atom stereocenters. The Morgan fingerprint density at radius 3 is 2.28 bits per heavy atom. The summed E-state index contributed by atoms with van der Waals surface area (Å²) in [6.07, 6.45) is 0. The molecule has 168 valence electrons. The van der Waals surface area contributed by atoms with Crippen LogP contribution in [0.5, 0.6) is 0 Å². The molecule has 8 nitrogen and oxygen atoms in total. The summed E-state index contributed by atoms with van der Waals surface area (Å²) in [7, 11) is -1.67. The molecule has 2 aromatic carbocycles. The van der Waals surface area contributed by atoms with Crippen LogP contribution in [-0.2, 0) is 21.9 Å². The fourth-order valence-corrected chi connectivity index (χ4v) is 5.77. The highest BCUT2D eigenvalue weighted by molar-refractivity contribution is 7.99. The van der Waals surface area contributed by atoms with Crippen molar-refractivity contribution in [1.29, 1.82) is 0 Å². The van der Waals surface area contributed by atoms with Gasteiger partial charge in [0.15, 0.2) is 11.0 Å². The predicted molar refractivity (Wildman–Crippen MR) is 124 cm³/mol. The number of hydrogen-bond donors (Lipinski definition) is 0. The van der Waals surface area contributed by atoms with Gasteiger partial charge >= 0.3 is 0 Å². The Labute approximate surface area is 192 Å². The first-order valence-corrected chi connectivity index (χ1v) is 12.7. The highest BCUT2D eigenvalue weighted by Gasteiger charge is 2.30. The summed E-state index contributed by atoms with van der Waals surface area (Å²) in [6, 6.07) is 16.6. The third-order valence-electron chi connectivity index (χ3n) is 5.44. The van der Waals surface area contributed by atoms with Crippen molar-refractivity contribution in [3.63, 3.8) is 0 Å². The molecule has 0 N–H and O–H groups in total. The van der Waals surface area contributed by atoms with Crippen molar-refractivity contribution in [3.05, 3.63) is 60.2 Å². The van der Waals surface area contributed by atoms with Crippen LogP contribution in [-0.4, -0.2) is 70.2 Å². The van der Waals surface area contributed by atoms with Crippen LogP contribution >= 0.6 is 11.8 Å². The van der Waals surface area contributed by atoms with Crippen LogP contribution in [0.1, 0.15) is 5.56 Å². The smallest absolute Gasteiger partial charge is 0.243 e. The number of amides is 1. The van der Waals surface area contributed by atoms with E-state index in [2.05, 4.69) is 10.2 Å². The third-order valence-corrected chi connectivity index (χ3v) is 8.36. The third kappa shape index (κ3) is 4.72. The van der Waals surface area contributed by atoms with Gasteiger partial charge in [-0.15, -0.1) is 10.2 Å². The number of thioether (sulfide) groups is 1. The van der Waals surface area contributed by atoms with Gasteiger partial charge in [-0.1, -0.05) is 59.8 Å². The summed E-state index contributed by atoms with van der Waals surface area (Å²) in [6.45, 7) is 3.24. The molecule has 0 atom stereocenters. The molecule has 0 saturated carbocycles. The average molecular weight is 472 g/mol. The summed E-state index contributed by atoms with van der Waals surface area (Å²) >= 11 is 1.34. The minimum atomic E-state index is -3.54. The first kappa shape index (κ1) is 22.5. The quantitative estimate of drug-likeness (QED) is 0.513. The van der Waals surface area contributed by atoms with E-state index in [0.717, 1.165) is 17.0 Å². The number of aromatic nitrogens is 3. The number of nitrogens with zero attached hydrogens (tertiary/aromatic N) is 5. The van der Waals surface area contributed by atoms with Gasteiger partial charge < -0.3 is 9.47 Å². The zero-order valence-electron chi connectivity index (χ0n) is 18.0. The maximum Gasteiger partial charge on any atom is 0.243 e. The summed E-state index contributed by atoms with van der Waals surface area (Å²) in [5.74, 6) is 0.938. The lowest BCUT2D eigenvalue weighted by atomic mass is 10.2. The normalized spacial score (nSPS) is 15.1. The minimum Gasteiger partial charge on any atom is -0.339 e. The summed E-state index contributed by atoms with van der Waals surface area (Å²) in [4.78, 5) is 14.7. The van der Waals surface area contributed by atoms with E-state index >= 15 is 0 Å². The van der Waals surface area contributed by atoms with Gasteiger partial charge in [-0.05, 0) is 19.1 Å². The molecule has 1 aromatic heterocycles. The van der Waals surface area contributed by atoms with E-state index in [-0.39, 0.29) is 29.6 Å². The Morgan fingerprint density at radius 2 is 1.62 bits per heavy atom. The van der Waals surface area contributed by atoms with Crippen LogP contribution in [0.15, 0.2) is 64.6 Å². The van der Waals surface area contributed by atoms with Gasteiger partial charge in [-0.2, -0.15) is 4.31 Å². The standard InChI is InChI=1S/C22H25N5O3S2/c1-17-8-10-19(11-9-17)32(29,30)27-14-12-26(13-15-27)20(28)16-31-22-24-23-21(25(22)2)18-6-4-3-5-7-18/h3-11H,12-16H2,1-2H3. The first-order chi connectivity index (χ1) is 15.4. The first-order valence-electron chi connectivity index (χ1n) is 10.3. The monoisotopic (exact) mass is 471 g/mol. The predicted octanol–water partition coefficient (Wildman–Crippen LogP) is 2.42. The lowest BCUT2D eigenvalue weighted by Gasteiger charge is -2.34. The Balaban J connectivity index is 1.33. The van der Waals surface area contributed by atoms with E-state index in [1.165, 1.54) is 16.1 Å². The van der Waals surface area contributed by atoms with Crippen molar-refractivity contribution in [2.45, 2.75) is 17.0 Å². The van der Waals surface area contributed by atoms with Gasteiger partial charge in [-0.25, -0.2) is 8.42 Å². The van der Waals surface area contributed by atoms with E-state index in [1.807, 2.05) is 48.9 Å². The Kier molecular flexibility index (Phi) is 6.63. The molecule has 0 aliphatic carbocycles. The van der Waals surface area contributed by atoms with Gasteiger partial charge in [0, 0.05) is 38.8 Å². The second kappa shape index (κ2) is 9.43. The van der Waals surface area contributed by atoms with E-state index < -0.39 is 10.0 Å². The molecule has 1 amide bonds. The zero-order valence-corrected chi connectivity index (χ0v) is 19.6. The van der Waals surface area contributed by atoms with Crippen molar-refractivity contribution >= 4 is 27.7 Å². The van der Waals surface area contributed by atoms with E-state index in [9.17, 15) is 13.2 Å². The van der Waals surface area contributed by atoms with Crippen molar-refractivity contribution in [3.8, 4) is 11.4 Å². The van der Waals surface area contributed by atoms with Crippen LogP contribution in [0, 0.1) is 6.92 Å². The molecule has 1 aliphatic heterocycles. The van der Waals surface area contributed by atoms with Crippen LogP contribution in [0.2, 0.25) is 0 Å². The molecular weight excluding hydrogens is 446 g/mol. The number of sulfonamides is 1. The molecular formula is C22H25N5O3S2. The fourth-order valence-electron chi connectivity index (χ4n) is 3.53. The summed E-state index contributed by atoms with van der Waals surface area (Å²) in [5.41, 5.74) is 1.97. The van der Waals surface area contributed by atoms with Gasteiger partial charge in [0.2, 0.25) is 15.9 Å². The average Bonchev–Trinajstić information content (AvgIpc) is 3.18. The van der Waals surface area contributed by atoms with Crippen LogP contribution in [0.25, 0.3) is 11.4 Å². The van der Waals surface area contributed by atoms with Crippen molar-refractivity contribution in [2.24, 2.45) is 7.05 Å². The SMILES string of the molecule is Cc1ccc(S(=O)(=O)N2CCN(C(=O)CSc3nnc(-c4ccccc4)n3C)CC2)cc1. The van der Waals surface area contributed by atoms with Crippen LogP contribution in [0.3, 0.4) is 0 Å². The Morgan fingerprint density at radius 1 is 0.969 bits per heavy atom. The van der Waals surface area contributed by atoms with Crippen molar-refractivity contribution in [1.82, 2.24) is 24.0 Å². The maximum absolute atomic E-state index is 12.8. The summed E-state index contributed by atoms with van der Waals surface area (Å²) in [5, 5.41) is 9.12. The number of hydrogen-bond acceptors (Lipinski definition) is 6. The number of aryl methyl sites for hydroxylation is 1. The molecule has 10 heteroatoms. The molecule has 32 heavy (non-hydrogen) atoms. The Bertz CT molecular complexity index is 1190. The number of piperazine rings is 1. The fraction of sp³-hybridized carbons (Fsp3) is 0.318. The van der Waals surface area contributed by atoms with Crippen molar-refractivity contribution in [2.75, 3.05) is 31.9 Å². The lowest BCUT2D eigenvalue weighted by Crippen LogP contribution is -2.50. The molecule has 0 bridgehead atoms. The van der Waals surface area contributed by atoms with Gasteiger partial charge in [0.1, 0.15) is 0 Å². The van der Waals surface area contributed by atoms with E-state index in [4.69, 9.17) is 0 Å². The summed E-state index contributed by atoms with van der Waals surface area (Å²) < 4.78 is 29.0. The maximum atomic E-state index is 12.8. The molecule has 1 fully saturated rings. The van der Waals surface area contributed by atoms with E-state index in [1.54, 1.807) is 29.2 Å². The second-order valence-electron chi connectivity index (χ2n) is 7.62. The van der Waals surface area contributed by atoms with Gasteiger partial charge in [-0.3, -0.25) is 4.79 Å². The highest BCUT2D eigenvalue weighted by atomic mass is 32.2. The zero-order chi connectivity index (χ0) is 22.7. The number of benzene rings is 2. The molecule has 0 radical (unpaired) electrons. The Hall–Kier alpha value is -2.69. The minimum absolute atomic E-state index is 0.0355. The topological polar surface area (TPSA) is 88.4 Å². The van der Waals surface area contributed by atoms with Gasteiger partial charge in [0.25, 0.3) is 0 Å². The molecule has 0 spiro atoms. The second-order valence-corrected chi connectivity index (χ2v) is 10.5. The number of carbonyl (C=O) groups is 1. The molecule has 1 aliphatic rings. The molecule has 1 saturated heterocycles. The molecule has 3 aromatic rings. The lowest BCUT2D eigenvalue weighted by molar-refractivity contribution is -0.129. The molecule has 2 heterocycles. The van der Waals surface area contributed by atoms with Gasteiger partial charge in [0.05, 0.1) is 10.6 Å². The van der Waals surface area contributed by atoms with Crippen molar-refractivity contribution < 1.29 is 13.2 Å². The number of carbonyl (C=O) groups excluding carboxylic acids is 1. The largest absolute Gasteiger partial charge is 0.339 e. The number of rotatable bonds is 6.